The molecule has 1 heterocycles. The maximum atomic E-state index is 10.8. The molecule has 5 nitrogen and oxygen atoms in total. The molecule has 0 aliphatic heterocycles. The van der Waals surface area contributed by atoms with Crippen LogP contribution in [0, 0.1) is 6.92 Å². The van der Waals surface area contributed by atoms with Gasteiger partial charge < -0.3 is 5.73 Å². The maximum Gasteiger partial charge on any atom is 0.351 e. The summed E-state index contributed by atoms with van der Waals surface area (Å²) in [6.07, 6.45) is 0. The molecule has 1 rings (SSSR count). The average Bonchev–Trinajstić information content (AvgIpc) is 1.82. The van der Waals surface area contributed by atoms with E-state index >= 15 is 0 Å². The molecule has 10 heavy (non-hydrogen) atoms. The fraction of sp³-hybridized carbons (Fsp3) is 0.400. The van der Waals surface area contributed by atoms with Crippen LogP contribution in [0.15, 0.2) is 4.79 Å². The molecule has 0 saturated heterocycles. The van der Waals surface area contributed by atoms with Crippen molar-refractivity contribution < 1.29 is 0 Å². The third kappa shape index (κ3) is 0.975. The lowest BCUT2D eigenvalue weighted by atomic mass is 10.7. The molecule has 0 aliphatic carbocycles. The van der Waals surface area contributed by atoms with Gasteiger partial charge in [0.15, 0.2) is 0 Å². The second kappa shape index (κ2) is 2.09. The lowest BCUT2D eigenvalue weighted by Gasteiger charge is -1.99. The predicted octanol–water partition coefficient (Wildman–Crippen LogP) is -0.934. The average molecular weight is 140 g/mol. The van der Waals surface area contributed by atoms with Crippen molar-refractivity contribution in [2.75, 3.05) is 5.73 Å². The summed E-state index contributed by atoms with van der Waals surface area (Å²) in [6, 6.07) is 0. The van der Waals surface area contributed by atoms with Gasteiger partial charge >= 0.3 is 5.69 Å². The van der Waals surface area contributed by atoms with E-state index in [9.17, 15) is 4.79 Å². The Morgan fingerprint density at radius 1 is 1.50 bits per heavy atom. The topological polar surface area (TPSA) is 73.8 Å². The van der Waals surface area contributed by atoms with Gasteiger partial charge in [0.1, 0.15) is 5.82 Å². The second-order valence-corrected chi connectivity index (χ2v) is 1.97. The minimum absolute atomic E-state index is 0.192. The first-order valence-electron chi connectivity index (χ1n) is 2.78. The van der Waals surface area contributed by atoms with Crippen LogP contribution in [0.4, 0.5) is 5.95 Å². The standard InChI is InChI=1S/C5H8N4O/c1-3-7-4(6)9(2)5(10)8-3/h1-2H3,(H2,6,7,8,10). The van der Waals surface area contributed by atoms with Crippen LogP contribution >= 0.6 is 0 Å². The number of rotatable bonds is 0. The number of hydrogen-bond donors (Lipinski definition) is 1. The third-order valence-electron chi connectivity index (χ3n) is 1.16. The van der Waals surface area contributed by atoms with Crippen LogP contribution in [0.3, 0.4) is 0 Å². The molecule has 0 spiro atoms. The van der Waals surface area contributed by atoms with Gasteiger partial charge in [-0.05, 0) is 6.92 Å². The first-order chi connectivity index (χ1) is 4.61. The SMILES string of the molecule is Cc1nc(N)n(C)c(=O)n1. The molecule has 2 N–H and O–H groups in total. The summed E-state index contributed by atoms with van der Waals surface area (Å²) >= 11 is 0. The molecule has 0 fully saturated rings. The predicted molar refractivity (Wildman–Crippen MR) is 36.4 cm³/mol. The Kier molecular flexibility index (Phi) is 1.41. The van der Waals surface area contributed by atoms with Gasteiger partial charge in [0.25, 0.3) is 0 Å². The highest BCUT2D eigenvalue weighted by Crippen LogP contribution is 1.87. The number of anilines is 1. The lowest BCUT2D eigenvalue weighted by Crippen LogP contribution is -2.24. The third-order valence-corrected chi connectivity index (χ3v) is 1.16. The van der Waals surface area contributed by atoms with Crippen LogP contribution in [0.2, 0.25) is 0 Å². The highest BCUT2D eigenvalue weighted by atomic mass is 16.1. The monoisotopic (exact) mass is 140 g/mol. The summed E-state index contributed by atoms with van der Waals surface area (Å²) < 4.78 is 1.19. The van der Waals surface area contributed by atoms with Crippen molar-refractivity contribution in [1.82, 2.24) is 14.5 Å². The summed E-state index contributed by atoms with van der Waals surface area (Å²) in [7, 11) is 1.52. The van der Waals surface area contributed by atoms with Gasteiger partial charge in [-0.15, -0.1) is 0 Å². The van der Waals surface area contributed by atoms with Crippen molar-refractivity contribution in [3.63, 3.8) is 0 Å². The van der Waals surface area contributed by atoms with Crippen LogP contribution < -0.4 is 11.4 Å². The normalized spacial score (nSPS) is 9.80. The van der Waals surface area contributed by atoms with Crippen molar-refractivity contribution in [2.24, 2.45) is 7.05 Å². The van der Waals surface area contributed by atoms with Gasteiger partial charge in [0, 0.05) is 7.05 Å². The van der Waals surface area contributed by atoms with Gasteiger partial charge in [0.2, 0.25) is 5.95 Å². The minimum Gasteiger partial charge on any atom is -0.369 e. The molecule has 0 aromatic carbocycles. The Bertz CT molecular complexity index is 303. The zero-order valence-electron chi connectivity index (χ0n) is 5.83. The van der Waals surface area contributed by atoms with Gasteiger partial charge in [-0.3, -0.25) is 4.57 Å². The molecule has 0 bridgehead atoms. The molecule has 0 atom stereocenters. The molecule has 1 aromatic heterocycles. The van der Waals surface area contributed by atoms with Crippen molar-refractivity contribution in [3.05, 3.63) is 16.3 Å². The van der Waals surface area contributed by atoms with Crippen molar-refractivity contribution in [3.8, 4) is 0 Å². The zero-order chi connectivity index (χ0) is 7.72. The Hall–Kier alpha value is -1.39. The van der Waals surface area contributed by atoms with Crippen LogP contribution in [0.25, 0.3) is 0 Å². The number of aromatic nitrogens is 3. The Labute approximate surface area is 57.5 Å². The summed E-state index contributed by atoms with van der Waals surface area (Å²) in [5, 5.41) is 0. The smallest absolute Gasteiger partial charge is 0.351 e. The number of aryl methyl sites for hydroxylation is 1. The van der Waals surface area contributed by atoms with Crippen LogP contribution in [-0.2, 0) is 7.05 Å². The molecule has 1 aromatic rings. The number of hydrogen-bond acceptors (Lipinski definition) is 4. The van der Waals surface area contributed by atoms with E-state index in [0.29, 0.717) is 5.82 Å². The summed E-state index contributed by atoms with van der Waals surface area (Å²) in [4.78, 5) is 18.1. The Morgan fingerprint density at radius 3 is 2.60 bits per heavy atom. The molecule has 0 saturated carbocycles. The number of nitrogen functional groups attached to an aromatic ring is 1. The maximum absolute atomic E-state index is 10.8. The summed E-state index contributed by atoms with van der Waals surface area (Å²) in [6.45, 7) is 1.62. The second-order valence-electron chi connectivity index (χ2n) is 1.97. The van der Waals surface area contributed by atoms with Crippen molar-refractivity contribution >= 4 is 5.95 Å². The van der Waals surface area contributed by atoms with E-state index in [1.54, 1.807) is 6.92 Å². The molecular weight excluding hydrogens is 132 g/mol. The van der Waals surface area contributed by atoms with E-state index < -0.39 is 0 Å². The fourth-order valence-electron chi connectivity index (χ4n) is 0.577. The summed E-state index contributed by atoms with van der Waals surface area (Å²) in [5.74, 6) is 0.595. The van der Waals surface area contributed by atoms with Crippen LogP contribution in [0.5, 0.6) is 0 Å². The highest BCUT2D eigenvalue weighted by molar-refractivity contribution is 5.14. The zero-order valence-corrected chi connectivity index (χ0v) is 5.83. The molecule has 0 unspecified atom stereocenters. The Morgan fingerprint density at radius 2 is 2.10 bits per heavy atom. The van der Waals surface area contributed by atoms with E-state index in [1.807, 2.05) is 0 Å². The largest absolute Gasteiger partial charge is 0.369 e. The van der Waals surface area contributed by atoms with Gasteiger partial charge in [-0.1, -0.05) is 0 Å². The van der Waals surface area contributed by atoms with E-state index in [2.05, 4.69) is 9.97 Å². The Balaban J connectivity index is 3.46. The lowest BCUT2D eigenvalue weighted by molar-refractivity contribution is 0.769. The molecule has 0 radical (unpaired) electrons. The van der Waals surface area contributed by atoms with Crippen LogP contribution in [-0.4, -0.2) is 14.5 Å². The molecule has 54 valence electrons. The van der Waals surface area contributed by atoms with E-state index in [0.717, 1.165) is 0 Å². The fourth-order valence-corrected chi connectivity index (χ4v) is 0.577. The van der Waals surface area contributed by atoms with Gasteiger partial charge in [-0.2, -0.15) is 9.97 Å². The highest BCUT2D eigenvalue weighted by Gasteiger charge is 1.97. The minimum atomic E-state index is -0.370. The van der Waals surface area contributed by atoms with Crippen molar-refractivity contribution in [1.29, 1.82) is 0 Å². The molecule has 0 aliphatic rings. The van der Waals surface area contributed by atoms with Crippen molar-refractivity contribution in [2.45, 2.75) is 6.92 Å². The van der Waals surface area contributed by atoms with Gasteiger partial charge in [-0.25, -0.2) is 4.79 Å². The first-order valence-corrected chi connectivity index (χ1v) is 2.78. The van der Waals surface area contributed by atoms with E-state index in [1.165, 1.54) is 11.6 Å². The molecular formula is C5H8N4O. The van der Waals surface area contributed by atoms with E-state index in [4.69, 9.17) is 5.73 Å². The summed E-state index contributed by atoms with van der Waals surface area (Å²) in [5.41, 5.74) is 4.96. The van der Waals surface area contributed by atoms with Gasteiger partial charge in [0.05, 0.1) is 0 Å². The van der Waals surface area contributed by atoms with E-state index in [-0.39, 0.29) is 11.6 Å². The quantitative estimate of drug-likeness (QED) is 0.505. The van der Waals surface area contributed by atoms with Crippen LogP contribution in [0.1, 0.15) is 5.82 Å². The number of nitrogens with two attached hydrogens (primary N) is 1. The number of nitrogens with zero attached hydrogens (tertiary/aromatic N) is 3. The first kappa shape index (κ1) is 6.73. The molecule has 5 heteroatoms. The molecule has 0 amide bonds.